The molecule has 1 aromatic heterocycles. The van der Waals surface area contributed by atoms with Gasteiger partial charge in [-0.05, 0) is 37.1 Å². The zero-order chi connectivity index (χ0) is 14.0. The molecule has 0 fully saturated rings. The molecule has 0 aliphatic rings. The van der Waals surface area contributed by atoms with Gasteiger partial charge in [-0.15, -0.1) is 5.10 Å². The number of aromatic carboxylic acids is 1. The van der Waals surface area contributed by atoms with E-state index in [4.69, 9.17) is 9.84 Å². The van der Waals surface area contributed by atoms with Crippen LogP contribution in [0.1, 0.15) is 27.2 Å². The summed E-state index contributed by atoms with van der Waals surface area (Å²) in [5.74, 6) is -0.248. The van der Waals surface area contributed by atoms with Gasteiger partial charge in [-0.1, -0.05) is 5.21 Å². The Kier molecular flexibility index (Phi) is 3.50. The van der Waals surface area contributed by atoms with Gasteiger partial charge in [0.05, 0.1) is 11.8 Å². The summed E-state index contributed by atoms with van der Waals surface area (Å²) < 4.78 is 7.30. The average Bonchev–Trinajstić information content (AvgIpc) is 2.73. The maximum Gasteiger partial charge on any atom is 0.335 e. The number of hydrogen-bond acceptors (Lipinski definition) is 4. The van der Waals surface area contributed by atoms with Crippen LogP contribution < -0.4 is 4.74 Å². The highest BCUT2D eigenvalue weighted by Gasteiger charge is 2.11. The number of carbonyl (C=O) groups is 1. The van der Waals surface area contributed by atoms with E-state index in [2.05, 4.69) is 10.3 Å². The lowest BCUT2D eigenvalue weighted by atomic mass is 10.1. The Balaban J connectivity index is 2.18. The molecule has 6 heteroatoms. The number of benzene rings is 1. The molecule has 0 aliphatic heterocycles. The third kappa shape index (κ3) is 2.90. The highest BCUT2D eigenvalue weighted by Crippen LogP contribution is 2.25. The van der Waals surface area contributed by atoms with Crippen molar-refractivity contribution in [2.45, 2.75) is 20.5 Å². The molecule has 1 N–H and O–H groups in total. The van der Waals surface area contributed by atoms with Crippen molar-refractivity contribution in [3.8, 4) is 5.75 Å². The fourth-order valence-corrected chi connectivity index (χ4v) is 1.91. The molecule has 1 aromatic carbocycles. The molecule has 19 heavy (non-hydrogen) atoms. The van der Waals surface area contributed by atoms with Crippen LogP contribution in [-0.4, -0.2) is 26.1 Å². The molecule has 0 saturated carbocycles. The minimum absolute atomic E-state index is 0.266. The van der Waals surface area contributed by atoms with Crippen LogP contribution in [0.15, 0.2) is 18.3 Å². The highest BCUT2D eigenvalue weighted by molar-refractivity contribution is 5.88. The fraction of sp³-hybridized carbons (Fsp3) is 0.308. The number of rotatable bonds is 4. The average molecular weight is 261 g/mol. The van der Waals surface area contributed by atoms with Crippen LogP contribution in [0.2, 0.25) is 0 Å². The molecular weight excluding hydrogens is 246 g/mol. The highest BCUT2D eigenvalue weighted by atomic mass is 16.5. The Hall–Kier alpha value is -2.37. The molecule has 0 unspecified atom stereocenters. The lowest BCUT2D eigenvalue weighted by molar-refractivity contribution is 0.0696. The van der Waals surface area contributed by atoms with Crippen molar-refractivity contribution in [1.82, 2.24) is 15.0 Å². The summed E-state index contributed by atoms with van der Waals surface area (Å²) in [6.45, 7) is 3.96. The molecule has 0 saturated heterocycles. The number of carboxylic acids is 1. The number of ether oxygens (including phenoxy) is 1. The minimum atomic E-state index is -0.938. The third-order valence-corrected chi connectivity index (χ3v) is 2.72. The molecule has 100 valence electrons. The van der Waals surface area contributed by atoms with Crippen molar-refractivity contribution in [2.24, 2.45) is 7.05 Å². The summed E-state index contributed by atoms with van der Waals surface area (Å²) >= 11 is 0. The smallest absolute Gasteiger partial charge is 0.335 e. The van der Waals surface area contributed by atoms with Gasteiger partial charge in [0.25, 0.3) is 0 Å². The second-order valence-electron chi connectivity index (χ2n) is 4.42. The van der Waals surface area contributed by atoms with Crippen LogP contribution in [0.4, 0.5) is 0 Å². The molecule has 0 amide bonds. The first-order valence-corrected chi connectivity index (χ1v) is 5.80. The van der Waals surface area contributed by atoms with Crippen LogP contribution in [0.25, 0.3) is 0 Å². The molecule has 2 rings (SSSR count). The van der Waals surface area contributed by atoms with Gasteiger partial charge in [0.1, 0.15) is 18.1 Å². The molecule has 0 bridgehead atoms. The van der Waals surface area contributed by atoms with E-state index in [0.29, 0.717) is 12.4 Å². The second kappa shape index (κ2) is 5.09. The van der Waals surface area contributed by atoms with Crippen molar-refractivity contribution in [3.05, 3.63) is 40.7 Å². The summed E-state index contributed by atoms with van der Waals surface area (Å²) in [6.07, 6.45) is 1.77. The number of nitrogens with zero attached hydrogens (tertiary/aromatic N) is 3. The van der Waals surface area contributed by atoms with E-state index < -0.39 is 5.97 Å². The van der Waals surface area contributed by atoms with E-state index in [9.17, 15) is 4.79 Å². The molecular formula is C13H15N3O3. The Morgan fingerprint density at radius 1 is 1.37 bits per heavy atom. The molecule has 0 atom stereocenters. The second-order valence-corrected chi connectivity index (χ2v) is 4.42. The van der Waals surface area contributed by atoms with Crippen molar-refractivity contribution < 1.29 is 14.6 Å². The van der Waals surface area contributed by atoms with Crippen LogP contribution in [0.3, 0.4) is 0 Å². The lowest BCUT2D eigenvalue weighted by Crippen LogP contribution is -2.03. The van der Waals surface area contributed by atoms with Gasteiger partial charge in [0.2, 0.25) is 0 Å². The topological polar surface area (TPSA) is 77.2 Å². The maximum atomic E-state index is 10.9. The van der Waals surface area contributed by atoms with Gasteiger partial charge in [-0.2, -0.15) is 0 Å². The Morgan fingerprint density at radius 2 is 2.00 bits per heavy atom. The maximum absolute atomic E-state index is 10.9. The van der Waals surface area contributed by atoms with Gasteiger partial charge in [0.15, 0.2) is 0 Å². The first-order valence-electron chi connectivity index (χ1n) is 5.80. The predicted octanol–water partition coefficient (Wildman–Crippen LogP) is 1.71. The summed E-state index contributed by atoms with van der Waals surface area (Å²) in [7, 11) is 1.79. The monoisotopic (exact) mass is 261 g/mol. The molecule has 0 radical (unpaired) electrons. The molecule has 2 aromatic rings. The van der Waals surface area contributed by atoms with E-state index in [1.165, 1.54) is 0 Å². The summed E-state index contributed by atoms with van der Waals surface area (Å²) in [6, 6.07) is 3.20. The molecule has 6 nitrogen and oxygen atoms in total. The van der Waals surface area contributed by atoms with E-state index in [1.807, 2.05) is 13.8 Å². The van der Waals surface area contributed by atoms with Crippen LogP contribution in [0, 0.1) is 13.8 Å². The van der Waals surface area contributed by atoms with Gasteiger partial charge in [-0.25, -0.2) is 4.79 Å². The zero-order valence-corrected chi connectivity index (χ0v) is 11.0. The Bertz CT molecular complexity index is 596. The first kappa shape index (κ1) is 13.1. The largest absolute Gasteiger partial charge is 0.487 e. The van der Waals surface area contributed by atoms with Gasteiger partial charge >= 0.3 is 5.97 Å². The van der Waals surface area contributed by atoms with E-state index in [-0.39, 0.29) is 5.56 Å². The van der Waals surface area contributed by atoms with Gasteiger partial charge in [-0.3, -0.25) is 4.68 Å². The summed E-state index contributed by atoms with van der Waals surface area (Å²) in [4.78, 5) is 10.9. The Labute approximate surface area is 110 Å². The van der Waals surface area contributed by atoms with Crippen molar-refractivity contribution >= 4 is 5.97 Å². The minimum Gasteiger partial charge on any atom is -0.487 e. The normalized spacial score (nSPS) is 10.5. The first-order chi connectivity index (χ1) is 8.97. The molecule has 1 heterocycles. The standard InChI is InChI=1S/C13H15N3O3/c1-8-4-10(13(17)18)5-9(2)12(8)19-7-11-6-16(3)15-14-11/h4-6H,7H2,1-3H3,(H,17,18). The summed E-state index contributed by atoms with van der Waals surface area (Å²) in [5.41, 5.74) is 2.58. The van der Waals surface area contributed by atoms with E-state index in [0.717, 1.165) is 16.8 Å². The third-order valence-electron chi connectivity index (χ3n) is 2.72. The number of carboxylic acid groups (broad SMARTS) is 1. The molecule has 0 spiro atoms. The number of aryl methyl sites for hydroxylation is 3. The van der Waals surface area contributed by atoms with Crippen molar-refractivity contribution in [3.63, 3.8) is 0 Å². The van der Waals surface area contributed by atoms with Crippen molar-refractivity contribution in [2.75, 3.05) is 0 Å². The SMILES string of the molecule is Cc1cc(C(=O)O)cc(C)c1OCc1cn(C)nn1. The van der Waals surface area contributed by atoms with Gasteiger partial charge < -0.3 is 9.84 Å². The summed E-state index contributed by atoms with van der Waals surface area (Å²) in [5, 5.41) is 16.7. The zero-order valence-electron chi connectivity index (χ0n) is 11.0. The quantitative estimate of drug-likeness (QED) is 0.906. The van der Waals surface area contributed by atoms with Crippen molar-refractivity contribution in [1.29, 1.82) is 0 Å². The Morgan fingerprint density at radius 3 is 2.47 bits per heavy atom. The number of hydrogen-bond donors (Lipinski definition) is 1. The fourth-order valence-electron chi connectivity index (χ4n) is 1.91. The van der Waals surface area contributed by atoms with E-state index in [1.54, 1.807) is 30.1 Å². The van der Waals surface area contributed by atoms with E-state index >= 15 is 0 Å². The molecule has 0 aliphatic carbocycles. The van der Waals surface area contributed by atoms with Crippen LogP contribution in [-0.2, 0) is 13.7 Å². The van der Waals surface area contributed by atoms with Crippen LogP contribution in [0.5, 0.6) is 5.75 Å². The van der Waals surface area contributed by atoms with Crippen LogP contribution >= 0.6 is 0 Å². The number of aromatic nitrogens is 3. The van der Waals surface area contributed by atoms with Gasteiger partial charge in [0, 0.05) is 7.05 Å². The lowest BCUT2D eigenvalue weighted by Gasteiger charge is -2.11. The predicted molar refractivity (Wildman–Crippen MR) is 68.2 cm³/mol.